The summed E-state index contributed by atoms with van der Waals surface area (Å²) in [6, 6.07) is 0. The smallest absolute Gasteiger partial charge is 0.306 e. The van der Waals surface area contributed by atoms with Crippen molar-refractivity contribution in [1.82, 2.24) is 0 Å². The number of hydrogen-bond acceptors (Lipinski definition) is 3. The quantitative estimate of drug-likeness (QED) is 0.427. The average molecular weight is 176 g/mol. The van der Waals surface area contributed by atoms with Gasteiger partial charge in [0, 0.05) is 0 Å². The highest BCUT2D eigenvalue weighted by molar-refractivity contribution is 7.80. The number of carboxylic acids is 1. The maximum Gasteiger partial charge on any atom is 0.306 e. The molecule has 0 aliphatic heterocycles. The Labute approximate surface area is 71.1 Å². The summed E-state index contributed by atoms with van der Waals surface area (Å²) >= 11 is 3.94. The summed E-state index contributed by atoms with van der Waals surface area (Å²) in [6.45, 7) is 0. The van der Waals surface area contributed by atoms with E-state index in [9.17, 15) is 4.79 Å². The topological polar surface area (TPSA) is 57.5 Å². The molecule has 1 unspecified atom stereocenters. The first-order valence-corrected chi connectivity index (χ1v) is 3.97. The van der Waals surface area contributed by atoms with Crippen molar-refractivity contribution in [2.75, 3.05) is 5.75 Å². The lowest BCUT2D eigenvalue weighted by molar-refractivity contribution is -0.138. The van der Waals surface area contributed by atoms with Crippen LogP contribution in [0.3, 0.4) is 0 Å². The first kappa shape index (κ1) is 10.5. The molecule has 0 aromatic rings. The van der Waals surface area contributed by atoms with Gasteiger partial charge in [-0.2, -0.15) is 12.6 Å². The van der Waals surface area contributed by atoms with Gasteiger partial charge in [-0.1, -0.05) is 12.2 Å². The van der Waals surface area contributed by atoms with Crippen molar-refractivity contribution < 1.29 is 15.0 Å². The van der Waals surface area contributed by atoms with Gasteiger partial charge < -0.3 is 10.2 Å². The Kier molecular flexibility index (Phi) is 5.97. The molecule has 0 bridgehead atoms. The Morgan fingerprint density at radius 2 is 2.27 bits per heavy atom. The van der Waals surface area contributed by atoms with Crippen LogP contribution in [-0.4, -0.2) is 28.0 Å². The van der Waals surface area contributed by atoms with E-state index in [-0.39, 0.29) is 6.42 Å². The molecule has 0 fully saturated rings. The minimum Gasteiger partial charge on any atom is -0.481 e. The first-order chi connectivity index (χ1) is 5.16. The summed E-state index contributed by atoms with van der Waals surface area (Å²) in [5.41, 5.74) is 0. The van der Waals surface area contributed by atoms with Gasteiger partial charge in [0.05, 0.1) is 12.5 Å². The summed E-state index contributed by atoms with van der Waals surface area (Å²) in [7, 11) is 0. The lowest BCUT2D eigenvalue weighted by atomic mass is 10.2. The van der Waals surface area contributed by atoms with E-state index in [0.717, 1.165) is 6.42 Å². The maximum absolute atomic E-state index is 10.0. The molecule has 64 valence electrons. The van der Waals surface area contributed by atoms with Crippen LogP contribution in [0.25, 0.3) is 0 Å². The number of thiol groups is 1. The zero-order valence-corrected chi connectivity index (χ0v) is 7.00. The Balaban J connectivity index is 3.50. The van der Waals surface area contributed by atoms with E-state index in [2.05, 4.69) is 12.6 Å². The molecule has 0 heterocycles. The number of aliphatic carboxylic acids is 1. The number of rotatable bonds is 5. The lowest BCUT2D eigenvalue weighted by Crippen LogP contribution is -2.09. The highest BCUT2D eigenvalue weighted by Crippen LogP contribution is 1.95. The minimum atomic E-state index is -0.993. The second-order valence-electron chi connectivity index (χ2n) is 2.11. The fourth-order valence-electron chi connectivity index (χ4n) is 0.575. The number of carboxylic acid groups (broad SMARTS) is 1. The van der Waals surface area contributed by atoms with Crippen LogP contribution in [0.15, 0.2) is 12.2 Å². The zero-order valence-electron chi connectivity index (χ0n) is 6.10. The fourth-order valence-corrected chi connectivity index (χ4v) is 0.724. The molecule has 0 aliphatic rings. The van der Waals surface area contributed by atoms with Crippen molar-refractivity contribution in [1.29, 1.82) is 0 Å². The molecule has 4 heteroatoms. The summed E-state index contributed by atoms with van der Waals surface area (Å²) < 4.78 is 0. The normalized spacial score (nSPS) is 13.6. The number of allylic oxidation sites excluding steroid dienone is 1. The molecule has 0 spiro atoms. The van der Waals surface area contributed by atoms with Crippen molar-refractivity contribution in [2.24, 2.45) is 0 Å². The molecule has 0 saturated heterocycles. The Morgan fingerprint density at radius 3 is 2.73 bits per heavy atom. The lowest BCUT2D eigenvalue weighted by Gasteiger charge is -1.98. The van der Waals surface area contributed by atoms with Gasteiger partial charge in [-0.05, 0) is 12.2 Å². The Bertz CT molecular complexity index is 145. The minimum absolute atomic E-state index is 0.233. The van der Waals surface area contributed by atoms with Gasteiger partial charge >= 0.3 is 5.97 Å². The summed E-state index contributed by atoms with van der Waals surface area (Å²) in [5, 5.41) is 17.2. The van der Waals surface area contributed by atoms with Crippen LogP contribution in [0.5, 0.6) is 0 Å². The van der Waals surface area contributed by atoms with E-state index in [1.165, 1.54) is 6.08 Å². The highest BCUT2D eigenvalue weighted by atomic mass is 32.1. The van der Waals surface area contributed by atoms with Crippen molar-refractivity contribution in [3.8, 4) is 0 Å². The van der Waals surface area contributed by atoms with Crippen molar-refractivity contribution >= 4 is 18.6 Å². The van der Waals surface area contributed by atoms with Crippen LogP contribution >= 0.6 is 12.6 Å². The first-order valence-electron chi connectivity index (χ1n) is 3.34. The van der Waals surface area contributed by atoms with E-state index in [1.807, 2.05) is 0 Å². The third kappa shape index (κ3) is 7.42. The number of hydrogen-bond donors (Lipinski definition) is 3. The van der Waals surface area contributed by atoms with Gasteiger partial charge in [-0.15, -0.1) is 0 Å². The Hall–Kier alpha value is -0.480. The van der Waals surface area contributed by atoms with Crippen LogP contribution < -0.4 is 0 Å². The zero-order chi connectivity index (χ0) is 8.69. The highest BCUT2D eigenvalue weighted by Gasteiger charge is 2.03. The molecule has 0 aromatic heterocycles. The monoisotopic (exact) mass is 176 g/mol. The molecule has 0 aromatic carbocycles. The van der Waals surface area contributed by atoms with E-state index >= 15 is 0 Å². The van der Waals surface area contributed by atoms with Gasteiger partial charge in [0.25, 0.3) is 0 Å². The predicted molar refractivity (Wildman–Crippen MR) is 45.9 cm³/mol. The van der Waals surface area contributed by atoms with Crippen molar-refractivity contribution in [3.63, 3.8) is 0 Å². The van der Waals surface area contributed by atoms with Crippen molar-refractivity contribution in [3.05, 3.63) is 12.2 Å². The standard InChI is InChI=1S/C7H12O3S/c8-6(5-7(9)10)3-1-2-4-11/h1,3,6,8,11H,2,4-5H2,(H,9,10)/b3-1+. The largest absolute Gasteiger partial charge is 0.481 e. The van der Waals surface area contributed by atoms with Gasteiger partial charge in [0.15, 0.2) is 0 Å². The van der Waals surface area contributed by atoms with Gasteiger partial charge in [-0.3, -0.25) is 4.79 Å². The second-order valence-corrected chi connectivity index (χ2v) is 2.55. The van der Waals surface area contributed by atoms with Crippen LogP contribution in [-0.2, 0) is 4.79 Å². The number of aliphatic hydroxyl groups excluding tert-OH is 1. The number of carbonyl (C=O) groups is 1. The molecule has 0 amide bonds. The third-order valence-corrected chi connectivity index (χ3v) is 1.30. The number of aliphatic hydroxyl groups is 1. The summed E-state index contributed by atoms with van der Waals surface area (Å²) in [6.07, 6.45) is 2.85. The van der Waals surface area contributed by atoms with Gasteiger partial charge in [0.2, 0.25) is 0 Å². The molecule has 1 atom stereocenters. The van der Waals surface area contributed by atoms with Crippen molar-refractivity contribution in [2.45, 2.75) is 18.9 Å². The molecular formula is C7H12O3S. The van der Waals surface area contributed by atoms with Crippen LogP contribution in [0.2, 0.25) is 0 Å². The Morgan fingerprint density at radius 1 is 1.64 bits per heavy atom. The van der Waals surface area contributed by atoms with Gasteiger partial charge in [0.1, 0.15) is 0 Å². The van der Waals surface area contributed by atoms with Gasteiger partial charge in [-0.25, -0.2) is 0 Å². The molecule has 0 aliphatic carbocycles. The van der Waals surface area contributed by atoms with Crippen LogP contribution in [0.1, 0.15) is 12.8 Å². The molecule has 2 N–H and O–H groups in total. The van der Waals surface area contributed by atoms with E-state index in [4.69, 9.17) is 10.2 Å². The average Bonchev–Trinajstić information content (AvgIpc) is 1.86. The summed E-state index contributed by atoms with van der Waals surface area (Å²) in [4.78, 5) is 10.0. The molecule has 0 rings (SSSR count). The van der Waals surface area contributed by atoms with Crippen LogP contribution in [0.4, 0.5) is 0 Å². The second kappa shape index (κ2) is 6.24. The fraction of sp³-hybridized carbons (Fsp3) is 0.571. The summed E-state index contributed by atoms with van der Waals surface area (Å²) in [5.74, 6) is -0.288. The SMILES string of the molecule is O=C(O)CC(O)/C=C/CCS. The van der Waals surface area contributed by atoms with Crippen LogP contribution in [0, 0.1) is 0 Å². The van der Waals surface area contributed by atoms with E-state index < -0.39 is 12.1 Å². The third-order valence-electron chi connectivity index (χ3n) is 1.04. The molecular weight excluding hydrogens is 164 g/mol. The molecule has 0 radical (unpaired) electrons. The van der Waals surface area contributed by atoms with E-state index in [1.54, 1.807) is 6.08 Å². The predicted octanol–water partition coefficient (Wildman–Crippen LogP) is 0.698. The molecule has 11 heavy (non-hydrogen) atoms. The molecule has 3 nitrogen and oxygen atoms in total. The molecule has 0 saturated carbocycles. The van der Waals surface area contributed by atoms with E-state index in [0.29, 0.717) is 5.75 Å². The maximum atomic E-state index is 10.0.